The van der Waals surface area contributed by atoms with Crippen molar-refractivity contribution < 1.29 is 18.9 Å². The van der Waals surface area contributed by atoms with E-state index in [0.29, 0.717) is 20.0 Å². The molecule has 2 heterocycles. The van der Waals surface area contributed by atoms with Gasteiger partial charge in [-0.2, -0.15) is 0 Å². The van der Waals surface area contributed by atoms with Crippen molar-refractivity contribution in [2.75, 3.05) is 33.2 Å². The van der Waals surface area contributed by atoms with Gasteiger partial charge in [0.05, 0.1) is 25.4 Å². The molecular weight excluding hydrogens is 270 g/mol. The van der Waals surface area contributed by atoms with Crippen molar-refractivity contribution in [1.29, 1.82) is 0 Å². The molecule has 0 amide bonds. The molecule has 1 aromatic rings. The number of hydrogen-bond acceptors (Lipinski definition) is 5. The maximum absolute atomic E-state index is 5.85. The van der Waals surface area contributed by atoms with E-state index in [-0.39, 0.29) is 12.1 Å². The lowest BCUT2D eigenvalue weighted by atomic mass is 10.1. The fourth-order valence-electron chi connectivity index (χ4n) is 2.74. The Labute approximate surface area is 125 Å². The van der Waals surface area contributed by atoms with Gasteiger partial charge >= 0.3 is 0 Å². The van der Waals surface area contributed by atoms with Crippen LogP contribution in [0.15, 0.2) is 18.2 Å². The van der Waals surface area contributed by atoms with Crippen LogP contribution in [-0.4, -0.2) is 39.3 Å². The summed E-state index contributed by atoms with van der Waals surface area (Å²) in [5.41, 5.74) is 1.16. The standard InChI is InChI=1S/C16H23NO4/c1-2-17-14(10-18-9-13-4-3-7-19-13)12-5-6-15-16(8-12)21-11-20-15/h5-6,8,13-14,17H,2-4,7,9-11H2,1H3. The molecule has 2 aliphatic heterocycles. The smallest absolute Gasteiger partial charge is 0.231 e. The first kappa shape index (κ1) is 14.6. The van der Waals surface area contributed by atoms with E-state index in [1.807, 2.05) is 12.1 Å². The van der Waals surface area contributed by atoms with Crippen LogP contribution in [0.5, 0.6) is 11.5 Å². The van der Waals surface area contributed by atoms with Gasteiger partial charge in [-0.25, -0.2) is 0 Å². The van der Waals surface area contributed by atoms with E-state index >= 15 is 0 Å². The largest absolute Gasteiger partial charge is 0.454 e. The minimum Gasteiger partial charge on any atom is -0.454 e. The second-order valence-electron chi connectivity index (χ2n) is 5.40. The second-order valence-corrected chi connectivity index (χ2v) is 5.40. The molecule has 2 atom stereocenters. The molecule has 0 bridgehead atoms. The fraction of sp³-hybridized carbons (Fsp3) is 0.625. The zero-order valence-corrected chi connectivity index (χ0v) is 12.5. The lowest BCUT2D eigenvalue weighted by Crippen LogP contribution is -2.27. The van der Waals surface area contributed by atoms with Crippen molar-refractivity contribution >= 4 is 0 Å². The number of ether oxygens (including phenoxy) is 4. The molecule has 0 radical (unpaired) electrons. The molecule has 0 saturated carbocycles. The van der Waals surface area contributed by atoms with Gasteiger partial charge in [0.15, 0.2) is 11.5 Å². The summed E-state index contributed by atoms with van der Waals surface area (Å²) < 4.78 is 22.2. The quantitative estimate of drug-likeness (QED) is 0.835. The summed E-state index contributed by atoms with van der Waals surface area (Å²) >= 11 is 0. The maximum Gasteiger partial charge on any atom is 0.231 e. The van der Waals surface area contributed by atoms with Gasteiger partial charge in [-0.1, -0.05) is 13.0 Å². The van der Waals surface area contributed by atoms with Crippen LogP contribution in [0.2, 0.25) is 0 Å². The SMILES string of the molecule is CCNC(COCC1CCCO1)c1ccc2c(c1)OCO2. The second kappa shape index (κ2) is 7.11. The fourth-order valence-corrected chi connectivity index (χ4v) is 2.74. The number of benzene rings is 1. The Morgan fingerprint density at radius 2 is 2.24 bits per heavy atom. The highest BCUT2D eigenvalue weighted by Gasteiger charge is 2.19. The number of rotatable bonds is 7. The molecule has 2 unspecified atom stereocenters. The molecule has 116 valence electrons. The molecule has 21 heavy (non-hydrogen) atoms. The number of hydrogen-bond donors (Lipinski definition) is 1. The Hall–Kier alpha value is -1.30. The van der Waals surface area contributed by atoms with Crippen LogP contribution in [0, 0.1) is 0 Å². The molecule has 3 rings (SSSR count). The van der Waals surface area contributed by atoms with E-state index in [2.05, 4.69) is 18.3 Å². The molecule has 1 saturated heterocycles. The van der Waals surface area contributed by atoms with Crippen LogP contribution in [0.1, 0.15) is 31.4 Å². The normalized spacial score (nSPS) is 21.7. The van der Waals surface area contributed by atoms with Crippen LogP contribution in [0.3, 0.4) is 0 Å². The van der Waals surface area contributed by atoms with Crippen molar-refractivity contribution in [3.05, 3.63) is 23.8 Å². The summed E-state index contributed by atoms with van der Waals surface area (Å²) in [5.74, 6) is 1.63. The van der Waals surface area contributed by atoms with Crippen LogP contribution >= 0.6 is 0 Å². The van der Waals surface area contributed by atoms with Crippen LogP contribution < -0.4 is 14.8 Å². The van der Waals surface area contributed by atoms with Gasteiger partial charge < -0.3 is 24.3 Å². The number of likely N-dealkylation sites (N-methyl/N-ethyl adjacent to an activating group) is 1. The monoisotopic (exact) mass is 293 g/mol. The lowest BCUT2D eigenvalue weighted by molar-refractivity contribution is 0.0101. The topological polar surface area (TPSA) is 49.0 Å². The third-order valence-corrected chi connectivity index (χ3v) is 3.86. The van der Waals surface area contributed by atoms with Gasteiger partial charge in [0.2, 0.25) is 6.79 Å². The van der Waals surface area contributed by atoms with Gasteiger partial charge in [0.1, 0.15) is 0 Å². The van der Waals surface area contributed by atoms with E-state index in [0.717, 1.165) is 43.1 Å². The molecule has 1 fully saturated rings. The van der Waals surface area contributed by atoms with E-state index in [1.165, 1.54) is 0 Å². The Morgan fingerprint density at radius 1 is 1.33 bits per heavy atom. The minimum absolute atomic E-state index is 0.158. The highest BCUT2D eigenvalue weighted by Crippen LogP contribution is 2.34. The van der Waals surface area contributed by atoms with E-state index in [9.17, 15) is 0 Å². The Morgan fingerprint density at radius 3 is 3.05 bits per heavy atom. The van der Waals surface area contributed by atoms with Gasteiger partial charge in [-0.3, -0.25) is 0 Å². The minimum atomic E-state index is 0.158. The van der Waals surface area contributed by atoms with Crippen molar-refractivity contribution in [1.82, 2.24) is 5.32 Å². The Kier molecular flexibility index (Phi) is 4.95. The highest BCUT2D eigenvalue weighted by molar-refractivity contribution is 5.45. The predicted molar refractivity (Wildman–Crippen MR) is 78.8 cm³/mol. The van der Waals surface area contributed by atoms with E-state index < -0.39 is 0 Å². The van der Waals surface area contributed by atoms with Crippen LogP contribution in [-0.2, 0) is 9.47 Å². The summed E-state index contributed by atoms with van der Waals surface area (Å²) in [5, 5.41) is 3.45. The summed E-state index contributed by atoms with van der Waals surface area (Å²) in [4.78, 5) is 0. The molecule has 0 aliphatic carbocycles. The van der Waals surface area contributed by atoms with Gasteiger partial charge in [-0.05, 0) is 37.1 Å². The molecule has 1 N–H and O–H groups in total. The summed E-state index contributed by atoms with van der Waals surface area (Å²) in [6, 6.07) is 6.22. The van der Waals surface area contributed by atoms with Crippen molar-refractivity contribution in [2.45, 2.75) is 31.9 Å². The van der Waals surface area contributed by atoms with Crippen molar-refractivity contribution in [2.24, 2.45) is 0 Å². The van der Waals surface area contributed by atoms with E-state index in [1.54, 1.807) is 0 Å². The zero-order chi connectivity index (χ0) is 14.5. The van der Waals surface area contributed by atoms with Gasteiger partial charge in [0, 0.05) is 6.61 Å². The lowest BCUT2D eigenvalue weighted by Gasteiger charge is -2.20. The summed E-state index contributed by atoms with van der Waals surface area (Å²) in [7, 11) is 0. The first-order chi connectivity index (χ1) is 10.4. The summed E-state index contributed by atoms with van der Waals surface area (Å²) in [6.45, 7) is 5.47. The molecule has 5 heteroatoms. The predicted octanol–water partition coefficient (Wildman–Crippen LogP) is 2.26. The molecule has 0 aromatic heterocycles. The zero-order valence-electron chi connectivity index (χ0n) is 12.5. The van der Waals surface area contributed by atoms with Gasteiger partial charge in [-0.15, -0.1) is 0 Å². The maximum atomic E-state index is 5.85. The third-order valence-electron chi connectivity index (χ3n) is 3.86. The first-order valence-corrected chi connectivity index (χ1v) is 7.69. The average molecular weight is 293 g/mol. The Bertz CT molecular complexity index is 460. The molecular formula is C16H23NO4. The number of fused-ring (bicyclic) bond motifs is 1. The summed E-state index contributed by atoms with van der Waals surface area (Å²) in [6.07, 6.45) is 2.52. The van der Waals surface area contributed by atoms with Crippen molar-refractivity contribution in [3.63, 3.8) is 0 Å². The molecule has 0 spiro atoms. The Balaban J connectivity index is 1.57. The molecule has 2 aliphatic rings. The molecule has 1 aromatic carbocycles. The average Bonchev–Trinajstić information content (AvgIpc) is 3.16. The van der Waals surface area contributed by atoms with Crippen LogP contribution in [0.25, 0.3) is 0 Å². The van der Waals surface area contributed by atoms with Crippen LogP contribution in [0.4, 0.5) is 0 Å². The van der Waals surface area contributed by atoms with E-state index in [4.69, 9.17) is 18.9 Å². The number of nitrogens with one attached hydrogen (secondary N) is 1. The third kappa shape index (κ3) is 3.67. The van der Waals surface area contributed by atoms with Crippen molar-refractivity contribution in [3.8, 4) is 11.5 Å². The molecule has 5 nitrogen and oxygen atoms in total. The highest BCUT2D eigenvalue weighted by atomic mass is 16.7. The van der Waals surface area contributed by atoms with Gasteiger partial charge in [0.25, 0.3) is 0 Å². The first-order valence-electron chi connectivity index (χ1n) is 7.69.